The van der Waals surface area contributed by atoms with Gasteiger partial charge in [0.25, 0.3) is 11.6 Å². The van der Waals surface area contributed by atoms with Crippen molar-refractivity contribution in [2.24, 2.45) is 7.05 Å². The minimum atomic E-state index is -0.524. The lowest BCUT2D eigenvalue weighted by molar-refractivity contribution is -0.384. The van der Waals surface area contributed by atoms with Crippen molar-refractivity contribution in [2.75, 3.05) is 13.2 Å². The number of aryl methyl sites for hydroxylation is 1. The first-order valence-electron chi connectivity index (χ1n) is 5.77. The molecule has 1 aromatic heterocycles. The summed E-state index contributed by atoms with van der Waals surface area (Å²) in [7, 11) is 1.60. The van der Waals surface area contributed by atoms with E-state index in [1.807, 2.05) is 0 Å². The van der Waals surface area contributed by atoms with Crippen LogP contribution in [0.3, 0.4) is 0 Å². The summed E-state index contributed by atoms with van der Waals surface area (Å²) in [5.74, 6) is -0.262. The van der Waals surface area contributed by atoms with Crippen molar-refractivity contribution in [2.45, 2.75) is 18.9 Å². The van der Waals surface area contributed by atoms with Crippen LogP contribution in [-0.2, 0) is 7.05 Å². The van der Waals surface area contributed by atoms with E-state index in [1.165, 1.54) is 16.8 Å². The summed E-state index contributed by atoms with van der Waals surface area (Å²) in [4.78, 5) is 24.0. The molecular weight excluding hydrogens is 238 g/mol. The number of aliphatic hydroxyl groups is 1. The van der Waals surface area contributed by atoms with Crippen LogP contribution in [0.2, 0.25) is 0 Å². The quantitative estimate of drug-likeness (QED) is 0.628. The fourth-order valence-electron chi connectivity index (χ4n) is 2.30. The predicted molar refractivity (Wildman–Crippen MR) is 63.2 cm³/mol. The van der Waals surface area contributed by atoms with Gasteiger partial charge in [0.2, 0.25) is 0 Å². The highest BCUT2D eigenvalue weighted by Gasteiger charge is 2.31. The van der Waals surface area contributed by atoms with Crippen LogP contribution in [0.4, 0.5) is 5.69 Å². The number of hydrogen-bond acceptors (Lipinski definition) is 4. The van der Waals surface area contributed by atoms with Crippen LogP contribution in [0.5, 0.6) is 0 Å². The van der Waals surface area contributed by atoms with E-state index in [2.05, 4.69) is 0 Å². The summed E-state index contributed by atoms with van der Waals surface area (Å²) >= 11 is 0. The first-order chi connectivity index (χ1) is 8.54. The minimum Gasteiger partial charge on any atom is -0.394 e. The van der Waals surface area contributed by atoms with Gasteiger partial charge in [-0.25, -0.2) is 0 Å². The van der Waals surface area contributed by atoms with E-state index < -0.39 is 4.92 Å². The van der Waals surface area contributed by atoms with E-state index in [0.29, 0.717) is 6.54 Å². The summed E-state index contributed by atoms with van der Waals surface area (Å²) in [6, 6.07) is 1.10. The van der Waals surface area contributed by atoms with Crippen LogP contribution in [0.1, 0.15) is 23.3 Å². The summed E-state index contributed by atoms with van der Waals surface area (Å²) in [6.45, 7) is 0.515. The Labute approximate surface area is 104 Å². The monoisotopic (exact) mass is 253 g/mol. The highest BCUT2D eigenvalue weighted by Crippen LogP contribution is 2.22. The third-order valence-corrected chi connectivity index (χ3v) is 3.27. The van der Waals surface area contributed by atoms with Gasteiger partial charge >= 0.3 is 0 Å². The van der Waals surface area contributed by atoms with Gasteiger partial charge in [-0.1, -0.05) is 0 Å². The maximum absolute atomic E-state index is 12.2. The molecule has 98 valence electrons. The topological polar surface area (TPSA) is 88.6 Å². The third-order valence-electron chi connectivity index (χ3n) is 3.27. The van der Waals surface area contributed by atoms with E-state index in [-0.39, 0.29) is 29.9 Å². The molecule has 18 heavy (non-hydrogen) atoms. The van der Waals surface area contributed by atoms with Crippen molar-refractivity contribution in [1.82, 2.24) is 9.47 Å². The van der Waals surface area contributed by atoms with Crippen molar-refractivity contribution >= 4 is 11.6 Å². The molecule has 1 amide bonds. The van der Waals surface area contributed by atoms with E-state index in [1.54, 1.807) is 11.9 Å². The minimum absolute atomic E-state index is 0.0712. The largest absolute Gasteiger partial charge is 0.394 e. The van der Waals surface area contributed by atoms with Gasteiger partial charge < -0.3 is 14.6 Å². The molecule has 0 spiro atoms. The molecule has 0 aromatic carbocycles. The lowest BCUT2D eigenvalue weighted by Gasteiger charge is -2.22. The maximum Gasteiger partial charge on any atom is 0.287 e. The molecule has 1 aliphatic heterocycles. The number of hydrogen-bond donors (Lipinski definition) is 1. The Morgan fingerprint density at radius 1 is 1.67 bits per heavy atom. The summed E-state index contributed by atoms with van der Waals surface area (Å²) < 4.78 is 1.45. The number of carbonyl (C=O) groups excluding carboxylic acids is 1. The second kappa shape index (κ2) is 4.77. The lowest BCUT2D eigenvalue weighted by Crippen LogP contribution is -2.38. The Kier molecular flexibility index (Phi) is 3.33. The van der Waals surface area contributed by atoms with Crippen molar-refractivity contribution in [3.8, 4) is 0 Å². The number of amides is 1. The molecule has 2 rings (SSSR count). The van der Waals surface area contributed by atoms with E-state index in [0.717, 1.165) is 12.8 Å². The Morgan fingerprint density at radius 2 is 2.39 bits per heavy atom. The molecule has 0 bridgehead atoms. The lowest BCUT2D eigenvalue weighted by atomic mass is 10.2. The van der Waals surface area contributed by atoms with Crippen LogP contribution in [0.25, 0.3) is 0 Å². The van der Waals surface area contributed by atoms with Crippen LogP contribution >= 0.6 is 0 Å². The number of nitro groups is 1. The van der Waals surface area contributed by atoms with Gasteiger partial charge in [-0.05, 0) is 12.8 Å². The van der Waals surface area contributed by atoms with E-state index >= 15 is 0 Å². The molecule has 0 saturated carbocycles. The van der Waals surface area contributed by atoms with Gasteiger partial charge in [-0.2, -0.15) is 0 Å². The van der Waals surface area contributed by atoms with Crippen molar-refractivity contribution in [1.29, 1.82) is 0 Å². The smallest absolute Gasteiger partial charge is 0.287 e. The standard InChI is InChI=1S/C11H15N3O4/c1-12-6-9(14(17)18)5-10(12)11(16)13-4-2-3-8(13)7-15/h5-6,8,15H,2-4,7H2,1H3. The van der Waals surface area contributed by atoms with Crippen LogP contribution in [0, 0.1) is 10.1 Å². The molecular formula is C11H15N3O4. The molecule has 7 heteroatoms. The van der Waals surface area contributed by atoms with Crippen molar-refractivity contribution < 1.29 is 14.8 Å². The molecule has 1 atom stereocenters. The number of carbonyl (C=O) groups is 1. The molecule has 1 unspecified atom stereocenters. The van der Waals surface area contributed by atoms with Crippen LogP contribution in [0.15, 0.2) is 12.3 Å². The number of rotatable bonds is 3. The molecule has 0 radical (unpaired) electrons. The average molecular weight is 253 g/mol. The van der Waals surface area contributed by atoms with Crippen LogP contribution in [-0.4, -0.2) is 44.6 Å². The van der Waals surface area contributed by atoms with Gasteiger partial charge in [0, 0.05) is 19.7 Å². The van der Waals surface area contributed by atoms with Gasteiger partial charge in [0.1, 0.15) is 5.69 Å². The zero-order valence-corrected chi connectivity index (χ0v) is 10.1. The molecule has 1 fully saturated rings. The van der Waals surface area contributed by atoms with E-state index in [9.17, 15) is 20.0 Å². The van der Waals surface area contributed by atoms with Gasteiger partial charge in [0.15, 0.2) is 0 Å². The highest BCUT2D eigenvalue weighted by atomic mass is 16.6. The number of aliphatic hydroxyl groups excluding tert-OH is 1. The third kappa shape index (κ3) is 2.08. The van der Waals surface area contributed by atoms with E-state index in [4.69, 9.17) is 0 Å². The fourth-order valence-corrected chi connectivity index (χ4v) is 2.30. The van der Waals surface area contributed by atoms with Crippen molar-refractivity contribution in [3.05, 3.63) is 28.1 Å². The fraction of sp³-hybridized carbons (Fsp3) is 0.545. The molecule has 7 nitrogen and oxygen atoms in total. The molecule has 2 heterocycles. The molecule has 1 N–H and O–H groups in total. The Hall–Kier alpha value is -1.89. The zero-order chi connectivity index (χ0) is 13.3. The Balaban J connectivity index is 2.25. The Bertz CT molecular complexity index is 483. The maximum atomic E-state index is 12.2. The first kappa shape index (κ1) is 12.6. The average Bonchev–Trinajstić information content (AvgIpc) is 2.93. The second-order valence-corrected chi connectivity index (χ2v) is 4.43. The van der Waals surface area contributed by atoms with Gasteiger partial charge in [-0.15, -0.1) is 0 Å². The van der Waals surface area contributed by atoms with Gasteiger partial charge in [-0.3, -0.25) is 14.9 Å². The predicted octanol–water partition coefficient (Wildman–Crippen LogP) is 0.530. The summed E-state index contributed by atoms with van der Waals surface area (Å²) in [6.07, 6.45) is 2.94. The second-order valence-electron chi connectivity index (χ2n) is 4.43. The molecule has 1 aromatic rings. The molecule has 0 aliphatic carbocycles. The molecule has 1 aliphatic rings. The Morgan fingerprint density at radius 3 is 2.94 bits per heavy atom. The van der Waals surface area contributed by atoms with Crippen molar-refractivity contribution in [3.63, 3.8) is 0 Å². The molecule has 1 saturated heterocycles. The zero-order valence-electron chi connectivity index (χ0n) is 10.1. The first-order valence-corrected chi connectivity index (χ1v) is 5.77. The SMILES string of the molecule is Cn1cc([N+](=O)[O-])cc1C(=O)N1CCCC1CO. The number of aromatic nitrogens is 1. The number of likely N-dealkylation sites (tertiary alicyclic amines) is 1. The normalized spacial score (nSPS) is 19.2. The summed E-state index contributed by atoms with van der Waals surface area (Å²) in [5, 5.41) is 19.8. The highest BCUT2D eigenvalue weighted by molar-refractivity contribution is 5.94. The van der Waals surface area contributed by atoms with Crippen LogP contribution < -0.4 is 0 Å². The summed E-state index contributed by atoms with van der Waals surface area (Å²) in [5.41, 5.74) is 0.183. The number of nitrogens with zero attached hydrogens (tertiary/aromatic N) is 3. The van der Waals surface area contributed by atoms with Gasteiger partial charge in [0.05, 0.1) is 23.8 Å².